The lowest BCUT2D eigenvalue weighted by molar-refractivity contribution is 0.0955. The van der Waals surface area contributed by atoms with E-state index in [0.29, 0.717) is 11.5 Å². The molecule has 2 aromatic carbocycles. The number of benzene rings is 2. The maximum absolute atomic E-state index is 12.4. The van der Waals surface area contributed by atoms with Gasteiger partial charge >= 0.3 is 0 Å². The fourth-order valence-electron chi connectivity index (χ4n) is 4.02. The zero-order chi connectivity index (χ0) is 21.3. The summed E-state index contributed by atoms with van der Waals surface area (Å²) >= 11 is 0. The Bertz CT molecular complexity index is 946. The standard InChI is InChI=1S/C24H32N4O/c1-16-11-22-21(17(2)14-24(3,4)28(22)7)13-19(16)15-25-26-23(29)18-9-8-10-20(12-18)27(5)6/h8-13,15,17H,14H2,1-7H3,(H,26,29)/b25-15-. The lowest BCUT2D eigenvalue weighted by Gasteiger charge is -2.45. The van der Waals surface area contributed by atoms with Crippen molar-refractivity contribution in [3.05, 3.63) is 58.7 Å². The van der Waals surface area contributed by atoms with Gasteiger partial charge in [-0.2, -0.15) is 5.10 Å². The second-order valence-electron chi connectivity index (χ2n) is 8.89. The van der Waals surface area contributed by atoms with E-state index in [1.165, 1.54) is 11.3 Å². The van der Waals surface area contributed by atoms with E-state index in [2.05, 4.69) is 62.3 Å². The van der Waals surface area contributed by atoms with Crippen LogP contribution in [-0.2, 0) is 0 Å². The summed E-state index contributed by atoms with van der Waals surface area (Å²) in [6.45, 7) is 8.95. The molecule has 154 valence electrons. The van der Waals surface area contributed by atoms with Gasteiger partial charge in [0.15, 0.2) is 0 Å². The van der Waals surface area contributed by atoms with E-state index < -0.39 is 0 Å². The molecule has 1 atom stereocenters. The minimum absolute atomic E-state index is 0.142. The molecule has 0 saturated carbocycles. The normalized spacial score (nSPS) is 17.9. The fraction of sp³-hybridized carbons (Fsp3) is 0.417. The molecule has 0 bridgehead atoms. The maximum atomic E-state index is 12.4. The number of anilines is 2. The lowest BCUT2D eigenvalue weighted by atomic mass is 9.79. The van der Waals surface area contributed by atoms with Crippen molar-refractivity contribution in [1.82, 2.24) is 5.43 Å². The van der Waals surface area contributed by atoms with Crippen molar-refractivity contribution < 1.29 is 4.79 Å². The summed E-state index contributed by atoms with van der Waals surface area (Å²) in [7, 11) is 6.07. The van der Waals surface area contributed by atoms with Crippen LogP contribution in [0, 0.1) is 6.92 Å². The van der Waals surface area contributed by atoms with Crippen molar-refractivity contribution in [2.24, 2.45) is 5.10 Å². The first-order chi connectivity index (χ1) is 13.6. The Morgan fingerprint density at radius 1 is 1.28 bits per heavy atom. The molecule has 2 aromatic rings. The second kappa shape index (κ2) is 7.90. The monoisotopic (exact) mass is 392 g/mol. The number of amides is 1. The zero-order valence-electron chi connectivity index (χ0n) is 18.6. The molecule has 29 heavy (non-hydrogen) atoms. The predicted octanol–water partition coefficient (Wildman–Crippen LogP) is 4.55. The summed E-state index contributed by atoms with van der Waals surface area (Å²) in [6.07, 6.45) is 2.85. The molecule has 1 aliphatic rings. The minimum Gasteiger partial charge on any atom is -0.378 e. The molecule has 1 amide bonds. The number of hydrogen-bond donors (Lipinski definition) is 1. The van der Waals surface area contributed by atoms with Crippen molar-refractivity contribution in [3.8, 4) is 0 Å². The predicted molar refractivity (Wildman–Crippen MR) is 123 cm³/mol. The highest BCUT2D eigenvalue weighted by Crippen LogP contribution is 2.43. The van der Waals surface area contributed by atoms with E-state index in [1.807, 2.05) is 37.2 Å². The average Bonchev–Trinajstić information content (AvgIpc) is 2.66. The van der Waals surface area contributed by atoms with Crippen LogP contribution in [0.25, 0.3) is 0 Å². The van der Waals surface area contributed by atoms with Crippen LogP contribution < -0.4 is 15.2 Å². The molecule has 5 nitrogen and oxygen atoms in total. The Hall–Kier alpha value is -2.82. The molecular formula is C24H32N4O. The van der Waals surface area contributed by atoms with Crippen molar-refractivity contribution >= 4 is 23.5 Å². The Morgan fingerprint density at radius 3 is 2.69 bits per heavy atom. The molecule has 0 saturated heterocycles. The van der Waals surface area contributed by atoms with Crippen LogP contribution in [0.3, 0.4) is 0 Å². The summed E-state index contributed by atoms with van der Waals surface area (Å²) in [5, 5.41) is 4.22. The summed E-state index contributed by atoms with van der Waals surface area (Å²) in [5.74, 6) is 0.266. The number of fused-ring (bicyclic) bond motifs is 1. The first-order valence-corrected chi connectivity index (χ1v) is 10.1. The molecular weight excluding hydrogens is 360 g/mol. The molecule has 1 unspecified atom stereocenters. The molecule has 0 spiro atoms. The van der Waals surface area contributed by atoms with Gasteiger partial charge in [0.05, 0.1) is 6.21 Å². The maximum Gasteiger partial charge on any atom is 0.271 e. The van der Waals surface area contributed by atoms with Gasteiger partial charge in [-0.15, -0.1) is 0 Å². The molecule has 5 heteroatoms. The van der Waals surface area contributed by atoms with Crippen LogP contribution in [0.1, 0.15) is 60.2 Å². The van der Waals surface area contributed by atoms with E-state index >= 15 is 0 Å². The molecule has 1 aliphatic heterocycles. The molecule has 0 aliphatic carbocycles. The van der Waals surface area contributed by atoms with E-state index in [0.717, 1.165) is 23.2 Å². The number of nitrogens with zero attached hydrogens (tertiary/aromatic N) is 3. The Balaban J connectivity index is 1.79. The van der Waals surface area contributed by atoms with Gasteiger partial charge in [0.2, 0.25) is 0 Å². The molecule has 3 rings (SSSR count). The third-order valence-electron chi connectivity index (χ3n) is 6.02. The van der Waals surface area contributed by atoms with E-state index in [-0.39, 0.29) is 11.4 Å². The first kappa shape index (κ1) is 20.9. The van der Waals surface area contributed by atoms with Crippen LogP contribution >= 0.6 is 0 Å². The summed E-state index contributed by atoms with van der Waals surface area (Å²) < 4.78 is 0. The van der Waals surface area contributed by atoms with Gasteiger partial charge in [-0.05, 0) is 80.1 Å². The van der Waals surface area contributed by atoms with Crippen molar-refractivity contribution in [2.75, 3.05) is 30.9 Å². The van der Waals surface area contributed by atoms with Crippen LogP contribution in [0.15, 0.2) is 41.5 Å². The van der Waals surface area contributed by atoms with Crippen molar-refractivity contribution in [3.63, 3.8) is 0 Å². The Labute approximate surface area is 174 Å². The number of carbonyl (C=O) groups is 1. The van der Waals surface area contributed by atoms with Crippen molar-refractivity contribution in [1.29, 1.82) is 0 Å². The van der Waals surface area contributed by atoms with Gasteiger partial charge in [-0.3, -0.25) is 4.79 Å². The van der Waals surface area contributed by atoms with Crippen molar-refractivity contribution in [2.45, 2.75) is 45.6 Å². The summed E-state index contributed by atoms with van der Waals surface area (Å²) in [4.78, 5) is 16.8. The topological polar surface area (TPSA) is 47.9 Å². The van der Waals surface area contributed by atoms with Gasteiger partial charge in [-0.25, -0.2) is 5.43 Å². The van der Waals surface area contributed by atoms with E-state index in [1.54, 1.807) is 12.3 Å². The second-order valence-corrected chi connectivity index (χ2v) is 8.89. The number of rotatable bonds is 4. The summed E-state index contributed by atoms with van der Waals surface area (Å²) in [5.41, 5.74) is 9.17. The number of hydrogen-bond acceptors (Lipinski definition) is 4. The van der Waals surface area contributed by atoms with Gasteiger partial charge in [0.1, 0.15) is 0 Å². The Morgan fingerprint density at radius 2 is 2.00 bits per heavy atom. The van der Waals surface area contributed by atoms with Gasteiger partial charge < -0.3 is 9.80 Å². The Kier molecular flexibility index (Phi) is 5.69. The average molecular weight is 393 g/mol. The fourth-order valence-corrected chi connectivity index (χ4v) is 4.02. The van der Waals surface area contributed by atoms with Gasteiger partial charge in [0.25, 0.3) is 5.91 Å². The third kappa shape index (κ3) is 4.29. The summed E-state index contributed by atoms with van der Waals surface area (Å²) in [6, 6.07) is 11.9. The molecule has 0 radical (unpaired) electrons. The van der Waals surface area contributed by atoms with Crippen LogP contribution in [0.4, 0.5) is 11.4 Å². The quantitative estimate of drug-likeness (QED) is 0.613. The van der Waals surface area contributed by atoms with Gasteiger partial charge in [-0.1, -0.05) is 13.0 Å². The molecule has 1 N–H and O–H groups in total. The van der Waals surface area contributed by atoms with E-state index in [9.17, 15) is 4.79 Å². The number of nitrogens with one attached hydrogen (secondary N) is 1. The molecule has 1 heterocycles. The number of hydrazone groups is 1. The van der Waals surface area contributed by atoms with Crippen LogP contribution in [-0.4, -0.2) is 38.8 Å². The largest absolute Gasteiger partial charge is 0.378 e. The first-order valence-electron chi connectivity index (χ1n) is 10.1. The smallest absolute Gasteiger partial charge is 0.271 e. The van der Waals surface area contributed by atoms with Crippen LogP contribution in [0.5, 0.6) is 0 Å². The van der Waals surface area contributed by atoms with Crippen LogP contribution in [0.2, 0.25) is 0 Å². The lowest BCUT2D eigenvalue weighted by Crippen LogP contribution is -2.45. The SMILES string of the molecule is Cc1cc2c(cc1/C=N\NC(=O)c1cccc(N(C)C)c1)C(C)CC(C)(C)N2C. The third-order valence-corrected chi connectivity index (χ3v) is 6.02. The zero-order valence-corrected chi connectivity index (χ0v) is 18.6. The van der Waals surface area contributed by atoms with E-state index in [4.69, 9.17) is 0 Å². The molecule has 0 aromatic heterocycles. The molecule has 0 fully saturated rings. The number of carbonyl (C=O) groups excluding carboxylic acids is 1. The number of aryl methyl sites for hydroxylation is 1. The van der Waals surface area contributed by atoms with Gasteiger partial charge in [0, 0.05) is 43.6 Å². The minimum atomic E-state index is -0.213. The highest BCUT2D eigenvalue weighted by molar-refractivity contribution is 5.96. The highest BCUT2D eigenvalue weighted by Gasteiger charge is 2.34. The highest BCUT2D eigenvalue weighted by atomic mass is 16.2.